The van der Waals surface area contributed by atoms with E-state index in [0.717, 1.165) is 30.3 Å². The molecule has 0 heterocycles. The third kappa shape index (κ3) is 6.15. The maximum Gasteiger partial charge on any atom is 0.123 e. The average molecular weight is 299 g/mol. The van der Waals surface area contributed by atoms with E-state index in [1.165, 1.54) is 5.56 Å². The van der Waals surface area contributed by atoms with Crippen LogP contribution >= 0.6 is 11.6 Å². The van der Waals surface area contributed by atoms with Crippen LogP contribution in [0.1, 0.15) is 53.5 Å². The Morgan fingerprint density at radius 2 is 1.75 bits per heavy atom. The van der Waals surface area contributed by atoms with Crippen molar-refractivity contribution >= 4 is 11.6 Å². The lowest BCUT2D eigenvalue weighted by Crippen LogP contribution is -2.94. The first-order valence-electron chi connectivity index (χ1n) is 7.37. The zero-order chi connectivity index (χ0) is 15.4. The van der Waals surface area contributed by atoms with E-state index in [1.807, 2.05) is 18.2 Å². The molecule has 1 rings (SSSR count). The van der Waals surface area contributed by atoms with Gasteiger partial charge >= 0.3 is 0 Å². The van der Waals surface area contributed by atoms with Crippen LogP contribution in [0.5, 0.6) is 5.75 Å². The molecule has 0 aliphatic rings. The maximum atomic E-state index is 6.10. The molecular formula is C17H29ClNO+. The third-order valence-electron chi connectivity index (χ3n) is 3.11. The van der Waals surface area contributed by atoms with E-state index in [-0.39, 0.29) is 11.0 Å². The third-order valence-corrected chi connectivity index (χ3v) is 3.35. The highest BCUT2D eigenvalue weighted by molar-refractivity contribution is 6.30. The van der Waals surface area contributed by atoms with Gasteiger partial charge in [-0.3, -0.25) is 0 Å². The second kappa shape index (κ2) is 6.82. The second-order valence-electron chi connectivity index (χ2n) is 7.45. The fraction of sp³-hybridized carbons (Fsp3) is 0.647. The van der Waals surface area contributed by atoms with Gasteiger partial charge in [0.05, 0.1) is 18.7 Å². The van der Waals surface area contributed by atoms with Crippen molar-refractivity contribution in [3.05, 3.63) is 28.8 Å². The highest BCUT2D eigenvalue weighted by Crippen LogP contribution is 2.33. The molecule has 20 heavy (non-hydrogen) atoms. The van der Waals surface area contributed by atoms with Gasteiger partial charge in [0.2, 0.25) is 0 Å². The number of halogens is 1. The van der Waals surface area contributed by atoms with Crippen molar-refractivity contribution in [2.45, 2.75) is 58.9 Å². The lowest BCUT2D eigenvalue weighted by molar-refractivity contribution is -0.717. The minimum atomic E-state index is 0.0395. The number of benzene rings is 1. The molecule has 0 spiro atoms. The summed E-state index contributed by atoms with van der Waals surface area (Å²) in [6, 6.07) is 5.89. The first-order chi connectivity index (χ1) is 9.09. The van der Waals surface area contributed by atoms with Crippen LogP contribution in [0.2, 0.25) is 5.02 Å². The van der Waals surface area contributed by atoms with Gasteiger partial charge in [-0.1, -0.05) is 32.4 Å². The van der Waals surface area contributed by atoms with Gasteiger partial charge in [-0.2, -0.15) is 0 Å². The van der Waals surface area contributed by atoms with Crippen LogP contribution in [0.15, 0.2) is 18.2 Å². The Hall–Kier alpha value is -0.730. The normalized spacial score (nSPS) is 12.6. The van der Waals surface area contributed by atoms with Crippen molar-refractivity contribution in [2.24, 2.45) is 0 Å². The Morgan fingerprint density at radius 1 is 1.10 bits per heavy atom. The molecule has 0 aliphatic carbocycles. The number of hydrogen-bond acceptors (Lipinski definition) is 1. The molecule has 0 unspecified atom stereocenters. The molecule has 0 fully saturated rings. The Kier molecular flexibility index (Phi) is 5.91. The zero-order valence-electron chi connectivity index (χ0n) is 13.7. The van der Waals surface area contributed by atoms with Crippen LogP contribution in [0.3, 0.4) is 0 Å². The quantitative estimate of drug-likeness (QED) is 0.823. The average Bonchev–Trinajstić information content (AvgIpc) is 2.27. The molecule has 1 aromatic carbocycles. The Morgan fingerprint density at radius 3 is 2.30 bits per heavy atom. The van der Waals surface area contributed by atoms with Gasteiger partial charge < -0.3 is 10.1 Å². The van der Waals surface area contributed by atoms with Crippen LogP contribution in [0.4, 0.5) is 0 Å². The summed E-state index contributed by atoms with van der Waals surface area (Å²) < 4.78 is 5.95. The SMILES string of the molecule is CC(C)(C)[NH2+]CCCOc1ccc(Cl)cc1C(C)(C)C. The van der Waals surface area contributed by atoms with Gasteiger partial charge in [-0.15, -0.1) is 0 Å². The number of hydrogen-bond donors (Lipinski definition) is 1. The van der Waals surface area contributed by atoms with Crippen molar-refractivity contribution < 1.29 is 10.1 Å². The Bertz CT molecular complexity index is 430. The summed E-state index contributed by atoms with van der Waals surface area (Å²) in [4.78, 5) is 0. The minimum Gasteiger partial charge on any atom is -0.493 e. The topological polar surface area (TPSA) is 25.8 Å². The largest absolute Gasteiger partial charge is 0.493 e. The van der Waals surface area contributed by atoms with Crippen LogP contribution in [-0.4, -0.2) is 18.7 Å². The summed E-state index contributed by atoms with van der Waals surface area (Å²) in [5.74, 6) is 0.956. The molecule has 3 heteroatoms. The molecule has 2 nitrogen and oxygen atoms in total. The van der Waals surface area contributed by atoms with E-state index < -0.39 is 0 Å². The van der Waals surface area contributed by atoms with Gasteiger partial charge in [-0.05, 0) is 44.4 Å². The molecule has 0 aromatic heterocycles. The molecule has 0 radical (unpaired) electrons. The molecule has 0 saturated carbocycles. The lowest BCUT2D eigenvalue weighted by atomic mass is 9.86. The van der Waals surface area contributed by atoms with E-state index >= 15 is 0 Å². The summed E-state index contributed by atoms with van der Waals surface area (Å²) in [7, 11) is 0. The highest BCUT2D eigenvalue weighted by atomic mass is 35.5. The standard InChI is InChI=1S/C17H28ClNO/c1-16(2,3)14-12-13(18)8-9-15(14)20-11-7-10-19-17(4,5)6/h8-9,12,19H,7,10-11H2,1-6H3/p+1. The Balaban J connectivity index is 2.56. The van der Waals surface area contributed by atoms with Crippen molar-refractivity contribution in [1.29, 1.82) is 0 Å². The summed E-state index contributed by atoms with van der Waals surface area (Å²) in [6.45, 7) is 15.1. The van der Waals surface area contributed by atoms with Gasteiger partial charge in [0.1, 0.15) is 5.75 Å². The van der Waals surface area contributed by atoms with E-state index in [2.05, 4.69) is 46.9 Å². The van der Waals surface area contributed by atoms with Crippen LogP contribution < -0.4 is 10.1 Å². The molecule has 0 atom stereocenters. The van der Waals surface area contributed by atoms with Crippen LogP contribution in [-0.2, 0) is 5.41 Å². The van der Waals surface area contributed by atoms with Gasteiger partial charge in [-0.25, -0.2) is 0 Å². The van der Waals surface area contributed by atoms with Crippen LogP contribution in [0.25, 0.3) is 0 Å². The molecule has 2 N–H and O–H groups in total. The zero-order valence-corrected chi connectivity index (χ0v) is 14.5. The molecule has 0 amide bonds. The van der Waals surface area contributed by atoms with E-state index in [0.29, 0.717) is 0 Å². The fourth-order valence-corrected chi connectivity index (χ4v) is 2.19. The molecule has 0 aliphatic heterocycles. The van der Waals surface area contributed by atoms with Crippen molar-refractivity contribution in [3.8, 4) is 5.75 Å². The van der Waals surface area contributed by atoms with E-state index in [4.69, 9.17) is 16.3 Å². The molecular weight excluding hydrogens is 270 g/mol. The molecule has 0 saturated heterocycles. The van der Waals surface area contributed by atoms with Crippen molar-refractivity contribution in [3.63, 3.8) is 0 Å². The fourth-order valence-electron chi connectivity index (χ4n) is 2.01. The minimum absolute atomic E-state index is 0.0395. The second-order valence-corrected chi connectivity index (χ2v) is 7.89. The number of ether oxygens (including phenoxy) is 1. The lowest BCUT2D eigenvalue weighted by Gasteiger charge is -2.23. The molecule has 114 valence electrons. The van der Waals surface area contributed by atoms with Gasteiger partial charge in [0.15, 0.2) is 0 Å². The smallest absolute Gasteiger partial charge is 0.123 e. The predicted octanol–water partition coefficient (Wildman–Crippen LogP) is 3.77. The molecule has 1 aromatic rings. The summed E-state index contributed by atoms with van der Waals surface area (Å²) in [6.07, 6.45) is 1.05. The molecule has 0 bridgehead atoms. The number of nitrogens with two attached hydrogens (primary N) is 1. The first kappa shape index (κ1) is 17.3. The highest BCUT2D eigenvalue weighted by Gasteiger charge is 2.19. The summed E-state index contributed by atoms with van der Waals surface area (Å²) >= 11 is 6.10. The van der Waals surface area contributed by atoms with Gasteiger partial charge in [0, 0.05) is 17.0 Å². The van der Waals surface area contributed by atoms with Crippen molar-refractivity contribution in [1.82, 2.24) is 0 Å². The Labute approximate surface area is 128 Å². The number of quaternary nitrogens is 1. The van der Waals surface area contributed by atoms with E-state index in [9.17, 15) is 0 Å². The van der Waals surface area contributed by atoms with E-state index in [1.54, 1.807) is 0 Å². The number of rotatable bonds is 5. The first-order valence-corrected chi connectivity index (χ1v) is 7.74. The predicted molar refractivity (Wildman–Crippen MR) is 86.8 cm³/mol. The van der Waals surface area contributed by atoms with Crippen molar-refractivity contribution in [2.75, 3.05) is 13.2 Å². The van der Waals surface area contributed by atoms with Crippen LogP contribution in [0, 0.1) is 0 Å². The summed E-state index contributed by atoms with van der Waals surface area (Å²) in [5, 5.41) is 3.12. The van der Waals surface area contributed by atoms with Gasteiger partial charge in [0.25, 0.3) is 0 Å². The summed E-state index contributed by atoms with van der Waals surface area (Å²) in [5.41, 5.74) is 1.50. The monoisotopic (exact) mass is 298 g/mol. The maximum absolute atomic E-state index is 6.10.